The van der Waals surface area contributed by atoms with E-state index in [0.29, 0.717) is 6.42 Å². The van der Waals surface area contributed by atoms with Crippen LogP contribution in [0.25, 0.3) is 0 Å². The van der Waals surface area contributed by atoms with Crippen molar-refractivity contribution in [2.75, 3.05) is 7.11 Å². The van der Waals surface area contributed by atoms with Crippen LogP contribution >= 0.6 is 15.9 Å². The van der Waals surface area contributed by atoms with E-state index in [2.05, 4.69) is 28.9 Å². The lowest BCUT2D eigenvalue weighted by atomic mass is 9.99. The molecular formula is C13H17BrO2. The second-order valence-electron chi connectivity index (χ2n) is 4.74. The van der Waals surface area contributed by atoms with Crippen molar-refractivity contribution in [2.24, 2.45) is 0 Å². The van der Waals surface area contributed by atoms with Crippen LogP contribution in [0.2, 0.25) is 0 Å². The Bertz CT molecular complexity index is 422. The molecule has 0 aromatic heterocycles. The first-order valence-corrected chi connectivity index (χ1v) is 6.31. The van der Waals surface area contributed by atoms with Crippen molar-refractivity contribution in [1.29, 1.82) is 0 Å². The minimum absolute atomic E-state index is 0.490. The van der Waals surface area contributed by atoms with E-state index in [1.165, 1.54) is 5.56 Å². The number of benzene rings is 1. The lowest BCUT2D eigenvalue weighted by molar-refractivity contribution is 0.149. The SMILES string of the molecule is COc1c(C)cc(C)c(Br)c1CC1(O)CC1. The van der Waals surface area contributed by atoms with Gasteiger partial charge in [-0.2, -0.15) is 0 Å². The number of ether oxygens (including phenoxy) is 1. The highest BCUT2D eigenvalue weighted by molar-refractivity contribution is 9.10. The summed E-state index contributed by atoms with van der Waals surface area (Å²) in [5.74, 6) is 0.901. The maximum absolute atomic E-state index is 10.0. The van der Waals surface area contributed by atoms with Gasteiger partial charge in [-0.1, -0.05) is 22.0 Å². The molecule has 0 amide bonds. The molecule has 0 unspecified atom stereocenters. The molecular weight excluding hydrogens is 268 g/mol. The van der Waals surface area contributed by atoms with Crippen molar-refractivity contribution in [3.8, 4) is 5.75 Å². The van der Waals surface area contributed by atoms with Gasteiger partial charge in [0, 0.05) is 16.5 Å². The second-order valence-corrected chi connectivity index (χ2v) is 5.53. The molecule has 1 aromatic carbocycles. The molecule has 1 aliphatic carbocycles. The average molecular weight is 285 g/mol. The Kier molecular flexibility index (Phi) is 3.01. The zero-order valence-electron chi connectivity index (χ0n) is 9.93. The van der Waals surface area contributed by atoms with Crippen molar-refractivity contribution >= 4 is 15.9 Å². The van der Waals surface area contributed by atoms with Gasteiger partial charge in [0.2, 0.25) is 0 Å². The molecule has 0 aliphatic heterocycles. The number of rotatable bonds is 3. The Balaban J connectivity index is 2.47. The second kappa shape index (κ2) is 4.04. The third kappa shape index (κ3) is 2.11. The molecule has 0 bridgehead atoms. The molecule has 3 heteroatoms. The summed E-state index contributed by atoms with van der Waals surface area (Å²) < 4.78 is 6.51. The number of aryl methyl sites for hydroxylation is 2. The van der Waals surface area contributed by atoms with Crippen LogP contribution in [0.15, 0.2) is 10.5 Å². The maximum Gasteiger partial charge on any atom is 0.126 e. The minimum Gasteiger partial charge on any atom is -0.496 e. The maximum atomic E-state index is 10.0. The number of hydrogen-bond acceptors (Lipinski definition) is 2. The highest BCUT2D eigenvalue weighted by Crippen LogP contribution is 2.43. The quantitative estimate of drug-likeness (QED) is 0.924. The van der Waals surface area contributed by atoms with Gasteiger partial charge in [0.25, 0.3) is 0 Å². The molecule has 0 saturated heterocycles. The molecule has 0 heterocycles. The molecule has 0 spiro atoms. The molecule has 1 N–H and O–H groups in total. The number of aliphatic hydroxyl groups is 1. The van der Waals surface area contributed by atoms with Crippen molar-refractivity contribution in [1.82, 2.24) is 0 Å². The van der Waals surface area contributed by atoms with Crippen molar-refractivity contribution < 1.29 is 9.84 Å². The van der Waals surface area contributed by atoms with Crippen LogP contribution in [0, 0.1) is 13.8 Å². The lowest BCUT2D eigenvalue weighted by Crippen LogP contribution is -2.13. The summed E-state index contributed by atoms with van der Waals surface area (Å²) in [7, 11) is 1.69. The Labute approximate surface area is 105 Å². The largest absolute Gasteiger partial charge is 0.496 e. The van der Waals surface area contributed by atoms with Crippen molar-refractivity contribution in [3.63, 3.8) is 0 Å². The summed E-state index contributed by atoms with van der Waals surface area (Å²) in [5.41, 5.74) is 2.93. The molecule has 1 aliphatic rings. The zero-order chi connectivity index (χ0) is 11.9. The molecule has 88 valence electrons. The van der Waals surface area contributed by atoms with E-state index in [1.807, 2.05) is 6.92 Å². The van der Waals surface area contributed by atoms with Gasteiger partial charge in [-0.25, -0.2) is 0 Å². The highest BCUT2D eigenvalue weighted by atomic mass is 79.9. The third-order valence-electron chi connectivity index (χ3n) is 3.21. The van der Waals surface area contributed by atoms with Crippen LogP contribution in [0.4, 0.5) is 0 Å². The van der Waals surface area contributed by atoms with E-state index in [-0.39, 0.29) is 0 Å². The number of halogens is 1. The van der Waals surface area contributed by atoms with Gasteiger partial charge in [0.15, 0.2) is 0 Å². The van der Waals surface area contributed by atoms with Gasteiger partial charge in [-0.15, -0.1) is 0 Å². The van der Waals surface area contributed by atoms with Gasteiger partial charge in [0.05, 0.1) is 12.7 Å². The fraction of sp³-hybridized carbons (Fsp3) is 0.538. The van der Waals surface area contributed by atoms with E-state index in [0.717, 1.165) is 34.2 Å². The summed E-state index contributed by atoms with van der Waals surface area (Å²) in [6.45, 7) is 4.11. The minimum atomic E-state index is -0.490. The predicted molar refractivity (Wildman–Crippen MR) is 68.1 cm³/mol. The van der Waals surface area contributed by atoms with Crippen LogP contribution in [-0.2, 0) is 6.42 Å². The van der Waals surface area contributed by atoms with E-state index < -0.39 is 5.60 Å². The Hall–Kier alpha value is -0.540. The molecule has 2 nitrogen and oxygen atoms in total. The number of hydrogen-bond donors (Lipinski definition) is 1. The van der Waals surface area contributed by atoms with E-state index in [4.69, 9.17) is 4.74 Å². The van der Waals surface area contributed by atoms with E-state index in [1.54, 1.807) is 7.11 Å². The number of methoxy groups -OCH3 is 1. The molecule has 16 heavy (non-hydrogen) atoms. The smallest absolute Gasteiger partial charge is 0.126 e. The molecule has 1 aromatic rings. The van der Waals surface area contributed by atoms with Crippen molar-refractivity contribution in [3.05, 3.63) is 27.2 Å². The summed E-state index contributed by atoms with van der Waals surface area (Å²) in [4.78, 5) is 0. The lowest BCUT2D eigenvalue weighted by Gasteiger charge is -2.17. The standard InChI is InChI=1S/C13H17BrO2/c1-8-6-9(2)12(16-3)10(11(8)14)7-13(15)4-5-13/h6,15H,4-5,7H2,1-3H3. The summed E-state index contributed by atoms with van der Waals surface area (Å²) >= 11 is 3.60. The van der Waals surface area contributed by atoms with Crippen molar-refractivity contribution in [2.45, 2.75) is 38.7 Å². The fourth-order valence-electron chi connectivity index (χ4n) is 2.12. The van der Waals surface area contributed by atoms with Gasteiger partial charge in [-0.3, -0.25) is 0 Å². The molecule has 1 saturated carbocycles. The monoisotopic (exact) mass is 284 g/mol. The molecule has 2 rings (SSSR count). The summed E-state index contributed by atoms with van der Waals surface area (Å²) in [6.07, 6.45) is 2.48. The van der Waals surface area contributed by atoms with E-state index in [9.17, 15) is 5.11 Å². The zero-order valence-corrected chi connectivity index (χ0v) is 11.5. The summed E-state index contributed by atoms with van der Waals surface area (Å²) in [6, 6.07) is 2.10. The molecule has 1 fully saturated rings. The normalized spacial score (nSPS) is 17.3. The molecule has 0 radical (unpaired) electrons. The first kappa shape index (κ1) is 11.9. The Morgan fingerprint density at radius 3 is 2.50 bits per heavy atom. The van der Waals surface area contributed by atoms with Gasteiger partial charge in [0.1, 0.15) is 5.75 Å². The highest BCUT2D eigenvalue weighted by Gasteiger charge is 2.41. The van der Waals surface area contributed by atoms with E-state index >= 15 is 0 Å². The topological polar surface area (TPSA) is 29.5 Å². The van der Waals surface area contributed by atoms with Gasteiger partial charge >= 0.3 is 0 Å². The third-order valence-corrected chi connectivity index (χ3v) is 4.32. The van der Waals surface area contributed by atoms with Crippen LogP contribution in [0.1, 0.15) is 29.5 Å². The predicted octanol–water partition coefficient (Wildman–Crippen LogP) is 3.14. The van der Waals surface area contributed by atoms with Gasteiger partial charge < -0.3 is 9.84 Å². The van der Waals surface area contributed by atoms with Crippen LogP contribution in [-0.4, -0.2) is 17.8 Å². The van der Waals surface area contributed by atoms with Crippen LogP contribution in [0.5, 0.6) is 5.75 Å². The first-order valence-electron chi connectivity index (χ1n) is 5.52. The Morgan fingerprint density at radius 2 is 2.00 bits per heavy atom. The van der Waals surface area contributed by atoms with Crippen LogP contribution < -0.4 is 4.74 Å². The summed E-state index contributed by atoms with van der Waals surface area (Å²) in [5, 5.41) is 10.0. The Morgan fingerprint density at radius 1 is 1.38 bits per heavy atom. The van der Waals surface area contributed by atoms with Gasteiger partial charge in [-0.05, 0) is 37.8 Å². The fourth-order valence-corrected chi connectivity index (χ4v) is 2.56. The average Bonchev–Trinajstić information content (AvgIpc) is 2.93. The molecule has 0 atom stereocenters. The first-order chi connectivity index (χ1) is 7.47. The van der Waals surface area contributed by atoms with Crippen LogP contribution in [0.3, 0.4) is 0 Å².